The number of nitrogens with zero attached hydrogens (tertiary/aromatic N) is 2. The standard InChI is InChI=1S/C23H32N4O/c1-5-24-23(25-14-12-19-9-6-8-18(2)16-19)26-15-13-20-10-7-11-21(17-20)22(28)27(3)4/h6-11,16-17H,5,12-15H2,1-4H3,(H2,24,25,26). The summed E-state index contributed by atoms with van der Waals surface area (Å²) >= 11 is 0. The summed E-state index contributed by atoms with van der Waals surface area (Å²) in [6.45, 7) is 6.50. The minimum absolute atomic E-state index is 0.0245. The topological polar surface area (TPSA) is 56.7 Å². The summed E-state index contributed by atoms with van der Waals surface area (Å²) in [5.41, 5.74) is 4.44. The number of nitrogens with one attached hydrogen (secondary N) is 2. The predicted octanol–water partition coefficient (Wildman–Crippen LogP) is 3.04. The second-order valence-electron chi connectivity index (χ2n) is 7.08. The van der Waals surface area contributed by atoms with Crippen LogP contribution in [0.2, 0.25) is 0 Å². The fourth-order valence-electron chi connectivity index (χ4n) is 2.95. The Balaban J connectivity index is 1.88. The van der Waals surface area contributed by atoms with Gasteiger partial charge in [0.1, 0.15) is 0 Å². The Labute approximate surface area is 168 Å². The largest absolute Gasteiger partial charge is 0.357 e. The van der Waals surface area contributed by atoms with Crippen LogP contribution in [0.25, 0.3) is 0 Å². The lowest BCUT2D eigenvalue weighted by molar-refractivity contribution is 0.0827. The number of benzene rings is 2. The Hall–Kier alpha value is -2.82. The summed E-state index contributed by atoms with van der Waals surface area (Å²) in [7, 11) is 3.54. The van der Waals surface area contributed by atoms with E-state index >= 15 is 0 Å². The minimum atomic E-state index is 0.0245. The van der Waals surface area contributed by atoms with Gasteiger partial charge in [-0.15, -0.1) is 0 Å². The quantitative estimate of drug-likeness (QED) is 0.547. The monoisotopic (exact) mass is 380 g/mol. The van der Waals surface area contributed by atoms with Crippen LogP contribution in [0.5, 0.6) is 0 Å². The summed E-state index contributed by atoms with van der Waals surface area (Å²) in [5.74, 6) is 0.854. The van der Waals surface area contributed by atoms with E-state index in [4.69, 9.17) is 0 Å². The van der Waals surface area contributed by atoms with Crippen LogP contribution in [0.15, 0.2) is 53.5 Å². The Morgan fingerprint density at radius 2 is 1.71 bits per heavy atom. The van der Waals surface area contributed by atoms with Crippen molar-refractivity contribution in [1.29, 1.82) is 0 Å². The number of hydrogen-bond donors (Lipinski definition) is 2. The van der Waals surface area contributed by atoms with Gasteiger partial charge in [0.2, 0.25) is 0 Å². The molecule has 2 aromatic carbocycles. The first-order valence-corrected chi connectivity index (χ1v) is 9.88. The lowest BCUT2D eigenvalue weighted by Gasteiger charge is -2.12. The predicted molar refractivity (Wildman–Crippen MR) is 117 cm³/mol. The van der Waals surface area contributed by atoms with Crippen LogP contribution in [0.4, 0.5) is 0 Å². The van der Waals surface area contributed by atoms with Crippen molar-refractivity contribution in [3.05, 3.63) is 70.8 Å². The van der Waals surface area contributed by atoms with Gasteiger partial charge < -0.3 is 15.5 Å². The molecule has 0 saturated heterocycles. The van der Waals surface area contributed by atoms with Gasteiger partial charge in [-0.25, -0.2) is 0 Å². The first-order chi connectivity index (χ1) is 13.5. The first-order valence-electron chi connectivity index (χ1n) is 9.88. The van der Waals surface area contributed by atoms with Crippen molar-refractivity contribution >= 4 is 11.9 Å². The molecule has 5 heteroatoms. The third-order valence-corrected chi connectivity index (χ3v) is 4.38. The first kappa shape index (κ1) is 21.5. The molecule has 28 heavy (non-hydrogen) atoms. The zero-order chi connectivity index (χ0) is 20.4. The summed E-state index contributed by atoms with van der Waals surface area (Å²) < 4.78 is 0. The number of amides is 1. The Morgan fingerprint density at radius 1 is 1.00 bits per heavy atom. The molecule has 0 aromatic heterocycles. The molecule has 0 radical (unpaired) electrons. The molecule has 2 N–H and O–H groups in total. The zero-order valence-corrected chi connectivity index (χ0v) is 17.5. The third-order valence-electron chi connectivity index (χ3n) is 4.38. The fraction of sp³-hybridized carbons (Fsp3) is 0.391. The zero-order valence-electron chi connectivity index (χ0n) is 17.5. The highest BCUT2D eigenvalue weighted by atomic mass is 16.2. The van der Waals surface area contributed by atoms with Crippen molar-refractivity contribution in [2.75, 3.05) is 33.7 Å². The van der Waals surface area contributed by atoms with E-state index in [1.54, 1.807) is 19.0 Å². The molecule has 0 saturated carbocycles. The Kier molecular flexibility index (Phi) is 8.53. The minimum Gasteiger partial charge on any atom is -0.357 e. The van der Waals surface area contributed by atoms with Crippen molar-refractivity contribution in [3.8, 4) is 0 Å². The van der Waals surface area contributed by atoms with E-state index in [0.717, 1.165) is 43.0 Å². The summed E-state index contributed by atoms with van der Waals surface area (Å²) in [4.78, 5) is 18.4. The van der Waals surface area contributed by atoms with Crippen molar-refractivity contribution < 1.29 is 4.79 Å². The highest BCUT2D eigenvalue weighted by Crippen LogP contribution is 2.08. The van der Waals surface area contributed by atoms with Gasteiger partial charge in [-0.1, -0.05) is 42.0 Å². The van der Waals surface area contributed by atoms with Gasteiger partial charge >= 0.3 is 0 Å². The molecule has 2 rings (SSSR count). The van der Waals surface area contributed by atoms with Crippen LogP contribution in [0.3, 0.4) is 0 Å². The van der Waals surface area contributed by atoms with E-state index in [-0.39, 0.29) is 5.91 Å². The summed E-state index contributed by atoms with van der Waals surface area (Å²) in [5, 5.41) is 6.69. The van der Waals surface area contributed by atoms with Gasteiger partial charge in [0.05, 0.1) is 0 Å². The number of hydrogen-bond acceptors (Lipinski definition) is 2. The Morgan fingerprint density at radius 3 is 2.39 bits per heavy atom. The molecular weight excluding hydrogens is 348 g/mol. The average molecular weight is 381 g/mol. The van der Waals surface area contributed by atoms with E-state index in [9.17, 15) is 4.79 Å². The van der Waals surface area contributed by atoms with E-state index in [2.05, 4.69) is 53.7 Å². The maximum atomic E-state index is 12.1. The molecule has 0 fully saturated rings. The normalized spacial score (nSPS) is 11.2. The molecule has 150 valence electrons. The maximum Gasteiger partial charge on any atom is 0.253 e. The number of carbonyl (C=O) groups is 1. The number of aryl methyl sites for hydroxylation is 1. The molecule has 0 bridgehead atoms. The molecule has 0 heterocycles. The van der Waals surface area contributed by atoms with Crippen molar-refractivity contribution in [2.45, 2.75) is 26.7 Å². The lowest BCUT2D eigenvalue weighted by atomic mass is 10.1. The van der Waals surface area contributed by atoms with Crippen molar-refractivity contribution in [2.24, 2.45) is 4.99 Å². The molecule has 0 aliphatic rings. The second kappa shape index (κ2) is 11.1. The van der Waals surface area contributed by atoms with Gasteiger partial charge in [-0.05, 0) is 49.9 Å². The van der Waals surface area contributed by atoms with Crippen LogP contribution >= 0.6 is 0 Å². The SMILES string of the molecule is CCNC(=NCCc1cccc(C(=O)N(C)C)c1)NCCc1cccc(C)c1. The van der Waals surface area contributed by atoms with E-state index in [1.165, 1.54) is 11.1 Å². The second-order valence-corrected chi connectivity index (χ2v) is 7.08. The van der Waals surface area contributed by atoms with Gasteiger partial charge in [0.15, 0.2) is 5.96 Å². The molecule has 0 aliphatic heterocycles. The molecule has 5 nitrogen and oxygen atoms in total. The third kappa shape index (κ3) is 7.06. The van der Waals surface area contributed by atoms with Crippen LogP contribution in [-0.2, 0) is 12.8 Å². The highest BCUT2D eigenvalue weighted by molar-refractivity contribution is 5.94. The molecule has 1 amide bonds. The fourth-order valence-corrected chi connectivity index (χ4v) is 2.95. The molecule has 0 atom stereocenters. The van der Waals surface area contributed by atoms with E-state index in [1.807, 2.05) is 24.3 Å². The van der Waals surface area contributed by atoms with Gasteiger partial charge in [0, 0.05) is 39.3 Å². The molecular formula is C23H32N4O. The maximum absolute atomic E-state index is 12.1. The van der Waals surface area contributed by atoms with E-state index in [0.29, 0.717) is 6.54 Å². The van der Waals surface area contributed by atoms with Crippen LogP contribution in [-0.4, -0.2) is 50.5 Å². The molecule has 0 aliphatic carbocycles. The smallest absolute Gasteiger partial charge is 0.253 e. The van der Waals surface area contributed by atoms with Crippen LogP contribution in [0, 0.1) is 6.92 Å². The number of carbonyl (C=O) groups excluding carboxylic acids is 1. The average Bonchev–Trinajstić information content (AvgIpc) is 2.67. The number of guanidine groups is 1. The molecule has 0 unspecified atom stereocenters. The van der Waals surface area contributed by atoms with Crippen LogP contribution in [0.1, 0.15) is 34.0 Å². The van der Waals surface area contributed by atoms with Gasteiger partial charge in [-0.3, -0.25) is 9.79 Å². The number of rotatable bonds is 8. The van der Waals surface area contributed by atoms with Crippen LogP contribution < -0.4 is 10.6 Å². The Bertz CT molecular complexity index is 799. The van der Waals surface area contributed by atoms with Crippen molar-refractivity contribution in [3.63, 3.8) is 0 Å². The lowest BCUT2D eigenvalue weighted by Crippen LogP contribution is -2.38. The summed E-state index contributed by atoms with van der Waals surface area (Å²) in [6.07, 6.45) is 1.75. The summed E-state index contributed by atoms with van der Waals surface area (Å²) in [6, 6.07) is 16.4. The van der Waals surface area contributed by atoms with Gasteiger partial charge in [-0.2, -0.15) is 0 Å². The molecule has 2 aromatic rings. The number of aliphatic imine (C=N–C) groups is 1. The van der Waals surface area contributed by atoms with Gasteiger partial charge in [0.25, 0.3) is 5.91 Å². The van der Waals surface area contributed by atoms with Crippen molar-refractivity contribution in [1.82, 2.24) is 15.5 Å². The van der Waals surface area contributed by atoms with E-state index < -0.39 is 0 Å². The highest BCUT2D eigenvalue weighted by Gasteiger charge is 2.08. The molecule has 0 spiro atoms.